The smallest absolute Gasteiger partial charge is 0.421 e. The van der Waals surface area contributed by atoms with Gasteiger partial charge in [0.15, 0.2) is 0 Å². The van der Waals surface area contributed by atoms with Crippen LogP contribution in [0.15, 0.2) is 45.9 Å². The first kappa shape index (κ1) is 22.9. The molecule has 1 aromatic heterocycles. The Kier molecular flexibility index (Phi) is 6.48. The number of nitrogens with zero attached hydrogens (tertiary/aromatic N) is 1. The Morgan fingerprint density at radius 1 is 1.14 bits per heavy atom. The largest absolute Gasteiger partial charge is 0.443 e. The fourth-order valence-corrected chi connectivity index (χ4v) is 3.53. The van der Waals surface area contributed by atoms with Gasteiger partial charge in [-0.2, -0.15) is 13.2 Å². The molecule has 0 aliphatic heterocycles. The molecule has 0 spiro atoms. The van der Waals surface area contributed by atoms with Crippen LogP contribution in [-0.2, 0) is 20.9 Å². The molecule has 1 amide bonds. The van der Waals surface area contributed by atoms with E-state index < -0.39 is 33.5 Å². The van der Waals surface area contributed by atoms with E-state index in [1.54, 1.807) is 25.5 Å². The minimum Gasteiger partial charge on any atom is -0.443 e. The lowest BCUT2D eigenvalue weighted by Crippen LogP contribution is -2.36. The maximum atomic E-state index is 12.6. The van der Waals surface area contributed by atoms with Crippen molar-refractivity contribution in [2.45, 2.75) is 37.4 Å². The van der Waals surface area contributed by atoms with E-state index in [1.807, 2.05) is 0 Å². The van der Waals surface area contributed by atoms with Crippen molar-refractivity contribution in [2.24, 2.45) is 0 Å². The minimum atomic E-state index is -4.50. The van der Waals surface area contributed by atoms with Crippen molar-refractivity contribution in [3.63, 3.8) is 0 Å². The predicted molar refractivity (Wildman–Crippen MR) is 103 cm³/mol. The molecular weight excluding hydrogens is 479 g/mol. The zero-order valence-corrected chi connectivity index (χ0v) is 17.9. The topological polar surface area (TPSA) is 97.4 Å². The highest BCUT2D eigenvalue weighted by atomic mass is 79.9. The van der Waals surface area contributed by atoms with Crippen LogP contribution in [0.5, 0.6) is 0 Å². The van der Waals surface area contributed by atoms with Gasteiger partial charge in [0.05, 0.1) is 16.1 Å². The van der Waals surface area contributed by atoms with E-state index in [9.17, 15) is 26.4 Å². The molecule has 29 heavy (non-hydrogen) atoms. The second kappa shape index (κ2) is 8.19. The zero-order valence-electron chi connectivity index (χ0n) is 15.5. The summed E-state index contributed by atoms with van der Waals surface area (Å²) >= 11 is 3.18. The van der Waals surface area contributed by atoms with Crippen molar-refractivity contribution in [3.8, 4) is 0 Å². The molecule has 2 N–H and O–H groups in total. The number of alkyl halides is 3. The van der Waals surface area contributed by atoms with Crippen molar-refractivity contribution >= 4 is 43.6 Å². The number of rotatable bonds is 4. The first-order valence-corrected chi connectivity index (χ1v) is 10.3. The van der Waals surface area contributed by atoms with E-state index in [1.165, 1.54) is 18.2 Å². The van der Waals surface area contributed by atoms with Crippen LogP contribution >= 0.6 is 15.9 Å². The summed E-state index contributed by atoms with van der Waals surface area (Å²) in [5.74, 6) is 0.126. The Morgan fingerprint density at radius 2 is 1.79 bits per heavy atom. The number of hydrogen-bond acceptors (Lipinski definition) is 6. The number of anilines is 2. The molecule has 0 unspecified atom stereocenters. The molecule has 7 nitrogen and oxygen atoms in total. The van der Waals surface area contributed by atoms with Crippen LogP contribution in [0.2, 0.25) is 0 Å². The van der Waals surface area contributed by atoms with Crippen molar-refractivity contribution in [1.29, 1.82) is 0 Å². The van der Waals surface area contributed by atoms with Gasteiger partial charge in [-0.1, -0.05) is 0 Å². The number of ether oxygens (including phenoxy) is 1. The van der Waals surface area contributed by atoms with E-state index in [0.717, 1.165) is 12.1 Å². The molecule has 0 atom stereocenters. The molecule has 12 heteroatoms. The highest BCUT2D eigenvalue weighted by Gasteiger charge is 2.30. The second-order valence-corrected chi connectivity index (χ2v) is 9.34. The predicted octanol–water partition coefficient (Wildman–Crippen LogP) is 4.82. The standard InChI is InChI=1S/C17H17BrF3N3O4S/c1-16(2,3)28-15(25)24-29(26,27)11-5-6-13(12(18)8-11)23-14-7-4-10(9-22-14)17(19,20)21/h4-9H,1-3H3,(H,22,23)(H,24,25). The Balaban J connectivity index is 2.16. The molecule has 0 aliphatic rings. The first-order valence-electron chi connectivity index (χ1n) is 8.03. The third-order valence-electron chi connectivity index (χ3n) is 3.22. The van der Waals surface area contributed by atoms with Gasteiger partial charge >= 0.3 is 12.3 Å². The van der Waals surface area contributed by atoms with Crippen molar-refractivity contribution in [3.05, 3.63) is 46.6 Å². The summed E-state index contributed by atoms with van der Waals surface area (Å²) in [4.78, 5) is 15.2. The monoisotopic (exact) mass is 495 g/mol. The van der Waals surface area contributed by atoms with Crippen LogP contribution in [0.1, 0.15) is 26.3 Å². The van der Waals surface area contributed by atoms with Crippen LogP contribution < -0.4 is 10.0 Å². The number of nitrogens with one attached hydrogen (secondary N) is 2. The van der Waals surface area contributed by atoms with Crippen LogP contribution in [-0.4, -0.2) is 25.1 Å². The number of amides is 1. The van der Waals surface area contributed by atoms with Crippen molar-refractivity contribution in [2.75, 3.05) is 5.32 Å². The average molecular weight is 496 g/mol. The molecule has 2 rings (SSSR count). The highest BCUT2D eigenvalue weighted by Crippen LogP contribution is 2.31. The molecule has 0 saturated heterocycles. The molecule has 1 heterocycles. The van der Waals surface area contributed by atoms with E-state index in [2.05, 4.69) is 26.2 Å². The quantitative estimate of drug-likeness (QED) is 0.630. The van der Waals surface area contributed by atoms with Crippen molar-refractivity contribution in [1.82, 2.24) is 9.71 Å². The Labute approximate surface area is 173 Å². The van der Waals surface area contributed by atoms with Gasteiger partial charge in [0.1, 0.15) is 11.4 Å². The molecule has 0 aliphatic carbocycles. The number of carbonyl (C=O) groups excluding carboxylic acids is 1. The fraction of sp³-hybridized carbons (Fsp3) is 0.294. The van der Waals surface area contributed by atoms with Gasteiger partial charge in [-0.3, -0.25) is 0 Å². The SMILES string of the molecule is CC(C)(C)OC(=O)NS(=O)(=O)c1ccc(Nc2ccc(C(F)(F)F)cn2)c(Br)c1. The number of hydrogen-bond donors (Lipinski definition) is 2. The number of sulfonamides is 1. The highest BCUT2D eigenvalue weighted by molar-refractivity contribution is 9.10. The number of aromatic nitrogens is 1. The van der Waals surface area contributed by atoms with Gasteiger partial charge in [-0.15, -0.1) is 0 Å². The van der Waals surface area contributed by atoms with E-state index >= 15 is 0 Å². The van der Waals surface area contributed by atoms with Crippen LogP contribution in [0, 0.1) is 0 Å². The summed E-state index contributed by atoms with van der Waals surface area (Å²) in [5.41, 5.74) is -1.41. The van der Waals surface area contributed by atoms with Crippen LogP contribution in [0.25, 0.3) is 0 Å². The van der Waals surface area contributed by atoms with E-state index in [-0.39, 0.29) is 15.2 Å². The maximum absolute atomic E-state index is 12.6. The second-order valence-electron chi connectivity index (χ2n) is 6.80. The molecule has 0 saturated carbocycles. The molecule has 2 aromatic rings. The summed E-state index contributed by atoms with van der Waals surface area (Å²) in [6.07, 6.45) is -4.94. The van der Waals surface area contributed by atoms with Gasteiger partial charge < -0.3 is 10.1 Å². The third kappa shape index (κ3) is 6.60. The Bertz CT molecular complexity index is 1000. The summed E-state index contributed by atoms with van der Waals surface area (Å²) < 4.78 is 69.4. The lowest BCUT2D eigenvalue weighted by Gasteiger charge is -2.19. The lowest BCUT2D eigenvalue weighted by molar-refractivity contribution is -0.137. The van der Waals surface area contributed by atoms with Gasteiger partial charge in [0, 0.05) is 10.7 Å². The van der Waals surface area contributed by atoms with Gasteiger partial charge in [-0.05, 0) is 67.0 Å². The van der Waals surface area contributed by atoms with E-state index in [4.69, 9.17) is 4.74 Å². The zero-order chi connectivity index (χ0) is 22.0. The number of halogens is 4. The van der Waals surface area contributed by atoms with Crippen molar-refractivity contribution < 1.29 is 31.1 Å². The average Bonchev–Trinajstić information content (AvgIpc) is 2.54. The minimum absolute atomic E-state index is 0.126. The van der Waals surface area contributed by atoms with Gasteiger partial charge in [0.25, 0.3) is 10.0 Å². The van der Waals surface area contributed by atoms with Gasteiger partial charge in [0.2, 0.25) is 0 Å². The summed E-state index contributed by atoms with van der Waals surface area (Å²) in [5, 5.41) is 2.77. The van der Waals surface area contributed by atoms with Crippen LogP contribution in [0.4, 0.5) is 29.5 Å². The first-order chi connectivity index (χ1) is 13.2. The van der Waals surface area contributed by atoms with Gasteiger partial charge in [-0.25, -0.2) is 22.9 Å². The summed E-state index contributed by atoms with van der Waals surface area (Å²) in [7, 11) is -4.19. The number of benzene rings is 1. The maximum Gasteiger partial charge on any atom is 0.421 e. The lowest BCUT2D eigenvalue weighted by atomic mass is 10.2. The Morgan fingerprint density at radius 3 is 2.28 bits per heavy atom. The third-order valence-corrected chi connectivity index (χ3v) is 5.19. The molecule has 0 radical (unpaired) electrons. The number of carbonyl (C=O) groups is 1. The summed E-state index contributed by atoms with van der Waals surface area (Å²) in [6, 6.07) is 5.81. The molecular formula is C17H17BrF3N3O4S. The molecule has 158 valence electrons. The molecule has 0 bridgehead atoms. The number of pyridine rings is 1. The summed E-state index contributed by atoms with van der Waals surface area (Å²) in [6.45, 7) is 4.77. The Hall–Kier alpha value is -2.34. The molecule has 0 fully saturated rings. The van der Waals surface area contributed by atoms with Crippen LogP contribution in [0.3, 0.4) is 0 Å². The fourth-order valence-electron chi connectivity index (χ4n) is 2.01. The normalized spacial score (nSPS) is 12.4. The van der Waals surface area contributed by atoms with E-state index in [0.29, 0.717) is 11.9 Å². The molecule has 1 aromatic carbocycles.